The Morgan fingerprint density at radius 2 is 1.29 bits per heavy atom. The van der Waals surface area contributed by atoms with Crippen LogP contribution in [0.3, 0.4) is 0 Å². The van der Waals surface area contributed by atoms with Crippen LogP contribution in [-0.2, 0) is 9.59 Å². The van der Waals surface area contributed by atoms with Gasteiger partial charge >= 0.3 is 11.8 Å². The minimum absolute atomic E-state index is 0.0287. The maximum atomic E-state index is 10.9. The first-order valence-electron chi connectivity index (χ1n) is 4.35. The highest BCUT2D eigenvalue weighted by molar-refractivity contribution is 6.35. The lowest BCUT2D eigenvalue weighted by Crippen LogP contribution is -2.44. The molecule has 6 heteroatoms. The van der Waals surface area contributed by atoms with Crippen molar-refractivity contribution in [1.29, 1.82) is 0 Å². The molecule has 0 aromatic rings. The van der Waals surface area contributed by atoms with Crippen LogP contribution in [0, 0.1) is 0 Å². The lowest BCUT2D eigenvalue weighted by Gasteiger charge is -2.08. The maximum absolute atomic E-state index is 10.9. The fraction of sp³-hybridized carbons (Fsp3) is 0.750. The largest absolute Gasteiger partial charge is 0.392 e. The number of carbonyl (C=O) groups is 2. The Morgan fingerprint density at radius 1 is 1.00 bits per heavy atom. The summed E-state index contributed by atoms with van der Waals surface area (Å²) in [6, 6.07) is 0. The van der Waals surface area contributed by atoms with E-state index in [1.807, 2.05) is 0 Å². The third-order valence-corrected chi connectivity index (χ3v) is 1.32. The number of aliphatic hydroxyl groups is 2. The molecule has 0 aromatic carbocycles. The van der Waals surface area contributed by atoms with Crippen molar-refractivity contribution >= 4 is 11.8 Å². The fourth-order valence-electron chi connectivity index (χ4n) is 0.641. The molecule has 0 radical (unpaired) electrons. The van der Waals surface area contributed by atoms with Gasteiger partial charge in [0, 0.05) is 13.1 Å². The highest BCUT2D eigenvalue weighted by Gasteiger charge is 2.13. The average Bonchev–Trinajstić information content (AvgIpc) is 2.09. The molecule has 6 nitrogen and oxygen atoms in total. The minimum Gasteiger partial charge on any atom is -0.392 e. The van der Waals surface area contributed by atoms with Crippen LogP contribution in [0.15, 0.2) is 0 Å². The molecule has 82 valence electrons. The van der Waals surface area contributed by atoms with E-state index in [1.54, 1.807) is 0 Å². The number of nitrogens with one attached hydrogen (secondary N) is 2. The topological polar surface area (TPSA) is 98.7 Å². The van der Waals surface area contributed by atoms with Gasteiger partial charge in [0.05, 0.1) is 12.2 Å². The third-order valence-electron chi connectivity index (χ3n) is 1.32. The van der Waals surface area contributed by atoms with Crippen molar-refractivity contribution in [2.45, 2.75) is 26.1 Å². The summed E-state index contributed by atoms with van der Waals surface area (Å²) >= 11 is 0. The van der Waals surface area contributed by atoms with Gasteiger partial charge in [0.15, 0.2) is 0 Å². The maximum Gasteiger partial charge on any atom is 0.309 e. The monoisotopic (exact) mass is 204 g/mol. The van der Waals surface area contributed by atoms with Gasteiger partial charge < -0.3 is 20.8 Å². The summed E-state index contributed by atoms with van der Waals surface area (Å²) in [4.78, 5) is 21.9. The molecule has 0 heterocycles. The lowest BCUT2D eigenvalue weighted by atomic mass is 10.4. The molecule has 0 aliphatic rings. The van der Waals surface area contributed by atoms with E-state index in [-0.39, 0.29) is 13.1 Å². The number of carbonyl (C=O) groups excluding carboxylic acids is 2. The molecule has 2 amide bonds. The van der Waals surface area contributed by atoms with E-state index in [4.69, 9.17) is 10.2 Å². The summed E-state index contributed by atoms with van der Waals surface area (Å²) in [5, 5.41) is 22.1. The van der Waals surface area contributed by atoms with Crippen molar-refractivity contribution in [3.05, 3.63) is 0 Å². The van der Waals surface area contributed by atoms with Crippen molar-refractivity contribution in [3.63, 3.8) is 0 Å². The fourth-order valence-corrected chi connectivity index (χ4v) is 0.641. The second-order valence-corrected chi connectivity index (χ2v) is 3.12. The predicted molar refractivity (Wildman–Crippen MR) is 49.4 cm³/mol. The number of rotatable bonds is 4. The molecule has 0 fully saturated rings. The average molecular weight is 204 g/mol. The molecule has 0 saturated heterocycles. The van der Waals surface area contributed by atoms with Gasteiger partial charge in [-0.05, 0) is 13.8 Å². The smallest absolute Gasteiger partial charge is 0.309 e. The van der Waals surface area contributed by atoms with Crippen molar-refractivity contribution in [2.24, 2.45) is 0 Å². The Balaban J connectivity index is 3.71. The molecule has 14 heavy (non-hydrogen) atoms. The van der Waals surface area contributed by atoms with Crippen molar-refractivity contribution in [3.8, 4) is 0 Å². The summed E-state index contributed by atoms with van der Waals surface area (Å²) in [5.74, 6) is -1.63. The molecule has 0 unspecified atom stereocenters. The quantitative estimate of drug-likeness (QED) is 0.397. The Hall–Kier alpha value is -1.14. The summed E-state index contributed by atoms with van der Waals surface area (Å²) < 4.78 is 0. The molecule has 0 aliphatic carbocycles. The molecule has 0 bridgehead atoms. The van der Waals surface area contributed by atoms with E-state index in [1.165, 1.54) is 13.8 Å². The molecule has 0 spiro atoms. The Bertz CT molecular complexity index is 182. The van der Waals surface area contributed by atoms with E-state index >= 15 is 0 Å². The Labute approximate surface area is 82.3 Å². The third kappa shape index (κ3) is 6.38. The summed E-state index contributed by atoms with van der Waals surface area (Å²) in [7, 11) is 0. The Morgan fingerprint density at radius 3 is 1.50 bits per heavy atom. The van der Waals surface area contributed by atoms with Crippen LogP contribution in [0.1, 0.15) is 13.8 Å². The van der Waals surface area contributed by atoms with E-state index in [0.29, 0.717) is 0 Å². The minimum atomic E-state index is -0.813. The predicted octanol–water partition coefficient (Wildman–Crippen LogP) is -2.02. The second kappa shape index (κ2) is 6.33. The molecule has 0 rings (SSSR count). The Kier molecular flexibility index (Phi) is 5.82. The first-order chi connectivity index (χ1) is 6.43. The lowest BCUT2D eigenvalue weighted by molar-refractivity contribution is -0.139. The van der Waals surface area contributed by atoms with E-state index in [2.05, 4.69) is 10.6 Å². The summed E-state index contributed by atoms with van der Waals surface area (Å²) in [5.41, 5.74) is 0. The number of hydrogen-bond donors (Lipinski definition) is 4. The van der Waals surface area contributed by atoms with Crippen LogP contribution in [0.2, 0.25) is 0 Å². The van der Waals surface area contributed by atoms with Gasteiger partial charge in [-0.1, -0.05) is 0 Å². The summed E-state index contributed by atoms with van der Waals surface area (Å²) in [6.45, 7) is 3.05. The zero-order valence-corrected chi connectivity index (χ0v) is 8.28. The molecule has 0 aromatic heterocycles. The van der Waals surface area contributed by atoms with E-state index < -0.39 is 24.0 Å². The van der Waals surface area contributed by atoms with Gasteiger partial charge in [-0.15, -0.1) is 0 Å². The van der Waals surface area contributed by atoms with E-state index in [0.717, 1.165) is 0 Å². The number of amides is 2. The van der Waals surface area contributed by atoms with Crippen molar-refractivity contribution in [2.75, 3.05) is 13.1 Å². The SMILES string of the molecule is C[C@H](O)CNC(=O)C(=O)NC[C@H](C)O. The molecular formula is C8H16N2O4. The highest BCUT2D eigenvalue weighted by atomic mass is 16.3. The number of aliphatic hydroxyl groups excluding tert-OH is 2. The zero-order valence-electron chi connectivity index (χ0n) is 8.28. The van der Waals surface area contributed by atoms with Crippen LogP contribution in [-0.4, -0.2) is 47.3 Å². The van der Waals surface area contributed by atoms with Crippen LogP contribution < -0.4 is 10.6 Å². The van der Waals surface area contributed by atoms with Gasteiger partial charge in [-0.25, -0.2) is 0 Å². The van der Waals surface area contributed by atoms with Crippen molar-refractivity contribution < 1.29 is 19.8 Å². The van der Waals surface area contributed by atoms with Gasteiger partial charge in [-0.3, -0.25) is 9.59 Å². The van der Waals surface area contributed by atoms with Gasteiger partial charge in [0.2, 0.25) is 0 Å². The van der Waals surface area contributed by atoms with E-state index in [9.17, 15) is 9.59 Å². The molecule has 4 N–H and O–H groups in total. The standard InChI is InChI=1S/C8H16N2O4/c1-5(11)3-9-7(13)8(14)10-4-6(2)12/h5-6,11-12H,3-4H2,1-2H3,(H,9,13)(H,10,14)/t5-,6-/m0/s1. The summed E-state index contributed by atoms with van der Waals surface area (Å²) in [6.07, 6.45) is -1.38. The molecule has 0 aliphatic heterocycles. The first kappa shape index (κ1) is 12.9. The molecule has 2 atom stereocenters. The first-order valence-corrected chi connectivity index (χ1v) is 4.35. The van der Waals surface area contributed by atoms with Crippen molar-refractivity contribution in [1.82, 2.24) is 10.6 Å². The van der Waals surface area contributed by atoms with Gasteiger partial charge in [0.25, 0.3) is 0 Å². The van der Waals surface area contributed by atoms with Gasteiger partial charge in [-0.2, -0.15) is 0 Å². The zero-order chi connectivity index (χ0) is 11.1. The van der Waals surface area contributed by atoms with Crippen LogP contribution in [0.5, 0.6) is 0 Å². The normalized spacial score (nSPS) is 14.3. The molecule has 0 saturated carbocycles. The van der Waals surface area contributed by atoms with Crippen LogP contribution in [0.25, 0.3) is 0 Å². The number of hydrogen-bond acceptors (Lipinski definition) is 4. The highest BCUT2D eigenvalue weighted by Crippen LogP contribution is 1.78. The van der Waals surface area contributed by atoms with Gasteiger partial charge in [0.1, 0.15) is 0 Å². The van der Waals surface area contributed by atoms with Crippen LogP contribution in [0.4, 0.5) is 0 Å². The van der Waals surface area contributed by atoms with Crippen LogP contribution >= 0.6 is 0 Å². The second-order valence-electron chi connectivity index (χ2n) is 3.12. The molecular weight excluding hydrogens is 188 g/mol.